The monoisotopic (exact) mass is 296 g/mol. The molecule has 0 aromatic heterocycles. The van der Waals surface area contributed by atoms with Crippen molar-refractivity contribution in [2.45, 2.75) is 6.42 Å². The summed E-state index contributed by atoms with van der Waals surface area (Å²) in [6, 6.07) is 8.05. The fraction of sp³-hybridized carbons (Fsp3) is 0.0714. The number of nitrogen functional groups attached to an aromatic ring is 1. The zero-order valence-electron chi connectivity index (χ0n) is 10.3. The Bertz CT molecular complexity index is 641. The van der Waals surface area contributed by atoms with E-state index in [2.05, 4.69) is 5.32 Å². The van der Waals surface area contributed by atoms with Crippen molar-refractivity contribution in [2.24, 2.45) is 0 Å². The van der Waals surface area contributed by atoms with Crippen LogP contribution in [0.5, 0.6) is 0 Å². The van der Waals surface area contributed by atoms with Gasteiger partial charge >= 0.3 is 0 Å². The summed E-state index contributed by atoms with van der Waals surface area (Å²) in [5, 5.41) is 2.62. The van der Waals surface area contributed by atoms with Gasteiger partial charge in [-0.15, -0.1) is 0 Å². The Labute approximate surface area is 119 Å². The van der Waals surface area contributed by atoms with Crippen molar-refractivity contribution in [2.75, 3.05) is 11.1 Å². The van der Waals surface area contributed by atoms with E-state index < -0.39 is 17.5 Å². The predicted molar refractivity (Wildman–Crippen MR) is 74.6 cm³/mol. The molecule has 3 nitrogen and oxygen atoms in total. The van der Waals surface area contributed by atoms with Gasteiger partial charge in [-0.1, -0.05) is 17.7 Å². The van der Waals surface area contributed by atoms with Crippen LogP contribution >= 0.6 is 11.6 Å². The van der Waals surface area contributed by atoms with Crippen LogP contribution in [-0.2, 0) is 11.2 Å². The zero-order chi connectivity index (χ0) is 14.7. The van der Waals surface area contributed by atoms with Gasteiger partial charge in [0, 0.05) is 16.3 Å². The molecule has 20 heavy (non-hydrogen) atoms. The summed E-state index contributed by atoms with van der Waals surface area (Å²) in [6.45, 7) is 0. The average Bonchev–Trinajstić information content (AvgIpc) is 2.38. The van der Waals surface area contributed by atoms with Gasteiger partial charge in [0.1, 0.15) is 11.6 Å². The van der Waals surface area contributed by atoms with Crippen molar-refractivity contribution in [3.63, 3.8) is 0 Å². The number of hydrogen-bond acceptors (Lipinski definition) is 2. The number of rotatable bonds is 3. The van der Waals surface area contributed by atoms with Gasteiger partial charge in [-0.2, -0.15) is 0 Å². The van der Waals surface area contributed by atoms with Gasteiger partial charge in [0.15, 0.2) is 0 Å². The predicted octanol–water partition coefficient (Wildman–Crippen LogP) is 3.38. The first-order valence-corrected chi connectivity index (χ1v) is 6.13. The maximum Gasteiger partial charge on any atom is 0.228 e. The number of amides is 1. The van der Waals surface area contributed by atoms with E-state index in [1.165, 1.54) is 30.3 Å². The molecule has 0 aliphatic rings. The van der Waals surface area contributed by atoms with Gasteiger partial charge in [-0.25, -0.2) is 8.78 Å². The van der Waals surface area contributed by atoms with Crippen molar-refractivity contribution in [3.05, 3.63) is 58.6 Å². The first kappa shape index (κ1) is 14.3. The molecule has 0 unspecified atom stereocenters. The number of nitrogens with two attached hydrogens (primary N) is 1. The third-order valence-corrected chi connectivity index (χ3v) is 3.04. The maximum atomic E-state index is 13.5. The fourth-order valence-electron chi connectivity index (χ4n) is 1.67. The van der Waals surface area contributed by atoms with E-state index in [9.17, 15) is 13.6 Å². The second-order valence-electron chi connectivity index (χ2n) is 4.16. The van der Waals surface area contributed by atoms with Crippen LogP contribution in [0.3, 0.4) is 0 Å². The van der Waals surface area contributed by atoms with Crippen LogP contribution in [0.2, 0.25) is 5.02 Å². The van der Waals surface area contributed by atoms with Crippen LogP contribution in [0, 0.1) is 11.6 Å². The smallest absolute Gasteiger partial charge is 0.228 e. The number of hydrogen-bond donors (Lipinski definition) is 2. The van der Waals surface area contributed by atoms with Crippen molar-refractivity contribution < 1.29 is 13.6 Å². The lowest BCUT2D eigenvalue weighted by Gasteiger charge is -2.08. The van der Waals surface area contributed by atoms with E-state index in [-0.39, 0.29) is 28.4 Å². The van der Waals surface area contributed by atoms with E-state index in [1.54, 1.807) is 0 Å². The fourth-order valence-corrected chi connectivity index (χ4v) is 1.90. The van der Waals surface area contributed by atoms with Crippen LogP contribution in [0.1, 0.15) is 5.56 Å². The lowest BCUT2D eigenvalue weighted by atomic mass is 10.1. The Morgan fingerprint density at radius 2 is 1.95 bits per heavy atom. The molecule has 6 heteroatoms. The molecule has 0 bridgehead atoms. The maximum absolute atomic E-state index is 13.5. The summed E-state index contributed by atoms with van der Waals surface area (Å²) < 4.78 is 26.8. The number of nitrogens with one attached hydrogen (secondary N) is 1. The molecule has 0 aliphatic heterocycles. The van der Waals surface area contributed by atoms with Crippen LogP contribution in [0.4, 0.5) is 20.2 Å². The van der Waals surface area contributed by atoms with E-state index in [1.807, 2.05) is 0 Å². The molecule has 0 fully saturated rings. The quantitative estimate of drug-likeness (QED) is 0.853. The van der Waals surface area contributed by atoms with Crippen LogP contribution in [0.15, 0.2) is 36.4 Å². The van der Waals surface area contributed by atoms with E-state index >= 15 is 0 Å². The number of anilines is 2. The molecular weight excluding hydrogens is 286 g/mol. The molecule has 2 rings (SSSR count). The van der Waals surface area contributed by atoms with Crippen LogP contribution < -0.4 is 11.1 Å². The Balaban J connectivity index is 2.11. The van der Waals surface area contributed by atoms with Crippen molar-refractivity contribution >= 4 is 28.9 Å². The standard InChI is InChI=1S/C14H11ClF2N2O/c15-10-2-1-3-11(16)9(10)7-14(20)19-8-4-5-13(18)12(17)6-8/h1-6H,7,18H2,(H,19,20). The molecule has 0 saturated carbocycles. The highest BCUT2D eigenvalue weighted by Crippen LogP contribution is 2.21. The molecule has 0 atom stereocenters. The Hall–Kier alpha value is -2.14. The minimum absolute atomic E-state index is 0.0138. The summed E-state index contributed by atoms with van der Waals surface area (Å²) in [5.74, 6) is -1.69. The molecule has 0 aliphatic carbocycles. The molecule has 0 saturated heterocycles. The van der Waals surface area contributed by atoms with E-state index in [4.69, 9.17) is 17.3 Å². The topological polar surface area (TPSA) is 55.1 Å². The zero-order valence-corrected chi connectivity index (χ0v) is 11.0. The average molecular weight is 297 g/mol. The first-order chi connectivity index (χ1) is 9.47. The number of benzene rings is 2. The summed E-state index contributed by atoms with van der Waals surface area (Å²) in [6.07, 6.45) is -0.239. The summed E-state index contributed by atoms with van der Waals surface area (Å²) in [5.41, 5.74) is 5.66. The summed E-state index contributed by atoms with van der Waals surface area (Å²) >= 11 is 5.83. The van der Waals surface area contributed by atoms with Crippen molar-refractivity contribution in [1.29, 1.82) is 0 Å². The molecular formula is C14H11ClF2N2O. The van der Waals surface area contributed by atoms with Gasteiger partial charge < -0.3 is 11.1 Å². The number of halogens is 3. The Morgan fingerprint density at radius 3 is 2.60 bits per heavy atom. The van der Waals surface area contributed by atoms with Crippen molar-refractivity contribution in [3.8, 4) is 0 Å². The Kier molecular flexibility index (Phi) is 4.20. The molecule has 3 N–H and O–H groups in total. The lowest BCUT2D eigenvalue weighted by Crippen LogP contribution is -2.15. The molecule has 0 heterocycles. The molecule has 104 valence electrons. The van der Waals surface area contributed by atoms with E-state index in [0.717, 1.165) is 6.07 Å². The third kappa shape index (κ3) is 3.24. The minimum atomic E-state index is -0.633. The summed E-state index contributed by atoms with van der Waals surface area (Å²) in [4.78, 5) is 11.8. The summed E-state index contributed by atoms with van der Waals surface area (Å²) in [7, 11) is 0. The van der Waals surface area contributed by atoms with Gasteiger partial charge in [0.2, 0.25) is 5.91 Å². The second kappa shape index (κ2) is 5.88. The normalized spacial score (nSPS) is 10.3. The second-order valence-corrected chi connectivity index (χ2v) is 4.57. The molecule has 0 radical (unpaired) electrons. The molecule has 2 aromatic carbocycles. The van der Waals surface area contributed by atoms with Gasteiger partial charge in [-0.05, 0) is 30.3 Å². The first-order valence-electron chi connectivity index (χ1n) is 5.75. The van der Waals surface area contributed by atoms with Crippen LogP contribution in [-0.4, -0.2) is 5.91 Å². The lowest BCUT2D eigenvalue weighted by molar-refractivity contribution is -0.115. The highest BCUT2D eigenvalue weighted by atomic mass is 35.5. The highest BCUT2D eigenvalue weighted by Gasteiger charge is 2.12. The van der Waals surface area contributed by atoms with E-state index in [0.29, 0.717) is 0 Å². The molecule has 1 amide bonds. The largest absolute Gasteiger partial charge is 0.396 e. The molecule has 2 aromatic rings. The van der Waals surface area contributed by atoms with Gasteiger partial charge in [-0.3, -0.25) is 4.79 Å². The van der Waals surface area contributed by atoms with Crippen LogP contribution in [0.25, 0.3) is 0 Å². The Morgan fingerprint density at radius 1 is 1.20 bits per heavy atom. The number of carbonyl (C=O) groups is 1. The van der Waals surface area contributed by atoms with Gasteiger partial charge in [0.25, 0.3) is 0 Å². The number of carbonyl (C=O) groups excluding carboxylic acids is 1. The SMILES string of the molecule is Nc1ccc(NC(=O)Cc2c(F)cccc2Cl)cc1F. The molecule has 0 spiro atoms. The highest BCUT2D eigenvalue weighted by molar-refractivity contribution is 6.31. The third-order valence-electron chi connectivity index (χ3n) is 2.68. The van der Waals surface area contributed by atoms with Crippen molar-refractivity contribution in [1.82, 2.24) is 0 Å². The minimum Gasteiger partial charge on any atom is -0.396 e. The van der Waals surface area contributed by atoms with Gasteiger partial charge in [0.05, 0.1) is 12.1 Å².